The summed E-state index contributed by atoms with van der Waals surface area (Å²) < 4.78 is 10.1. The number of allylic oxidation sites excluding steroid dienone is 1. The van der Waals surface area contributed by atoms with Gasteiger partial charge < -0.3 is 9.47 Å². The Balaban J connectivity index is 2.09. The second kappa shape index (κ2) is 10.7. The molecule has 0 aromatic heterocycles. The van der Waals surface area contributed by atoms with E-state index in [2.05, 4.69) is 0 Å². The zero-order valence-corrected chi connectivity index (χ0v) is 12.4. The highest BCUT2D eigenvalue weighted by Gasteiger charge is 2.04. The standard InChI is InChI=1S/C17H22O4/c1-2-3-13-20-16(18)12-8-5-9-14-21-17(19)15-10-6-4-7-11-15/h4,6-8,10-12H,2-3,5,9,13-14H2,1H3/b12-8+. The molecule has 0 saturated carbocycles. The Morgan fingerprint density at radius 1 is 1.05 bits per heavy atom. The number of esters is 2. The van der Waals surface area contributed by atoms with E-state index >= 15 is 0 Å². The van der Waals surface area contributed by atoms with Crippen LogP contribution in [-0.4, -0.2) is 25.2 Å². The molecule has 0 aliphatic rings. The van der Waals surface area contributed by atoms with Crippen LogP contribution >= 0.6 is 0 Å². The lowest BCUT2D eigenvalue weighted by molar-refractivity contribution is -0.137. The third-order valence-electron chi connectivity index (χ3n) is 2.75. The molecule has 0 spiro atoms. The van der Waals surface area contributed by atoms with Gasteiger partial charge in [-0.2, -0.15) is 0 Å². The van der Waals surface area contributed by atoms with Crippen LogP contribution in [0.4, 0.5) is 0 Å². The van der Waals surface area contributed by atoms with Crippen molar-refractivity contribution < 1.29 is 19.1 Å². The Labute approximate surface area is 125 Å². The molecular weight excluding hydrogens is 268 g/mol. The van der Waals surface area contributed by atoms with Gasteiger partial charge in [0.15, 0.2) is 0 Å². The second-order valence-electron chi connectivity index (χ2n) is 4.57. The van der Waals surface area contributed by atoms with Crippen molar-refractivity contribution in [1.82, 2.24) is 0 Å². The van der Waals surface area contributed by atoms with Crippen LogP contribution < -0.4 is 0 Å². The molecular formula is C17H22O4. The number of carbonyl (C=O) groups is 2. The zero-order valence-electron chi connectivity index (χ0n) is 12.4. The molecule has 4 heteroatoms. The number of ether oxygens (including phenoxy) is 2. The van der Waals surface area contributed by atoms with Crippen molar-refractivity contribution in [2.45, 2.75) is 32.6 Å². The summed E-state index contributed by atoms with van der Waals surface area (Å²) >= 11 is 0. The molecule has 1 aromatic rings. The summed E-state index contributed by atoms with van der Waals surface area (Å²) in [5.74, 6) is -0.636. The first-order valence-corrected chi connectivity index (χ1v) is 7.29. The summed E-state index contributed by atoms with van der Waals surface area (Å²) in [4.78, 5) is 22.9. The molecule has 21 heavy (non-hydrogen) atoms. The Kier molecular flexibility index (Phi) is 8.61. The minimum atomic E-state index is -0.321. The van der Waals surface area contributed by atoms with Gasteiger partial charge in [0.25, 0.3) is 0 Å². The predicted molar refractivity (Wildman–Crippen MR) is 81.0 cm³/mol. The lowest BCUT2D eigenvalue weighted by atomic mass is 10.2. The summed E-state index contributed by atoms with van der Waals surface area (Å²) in [5.41, 5.74) is 0.549. The van der Waals surface area contributed by atoms with Crippen molar-refractivity contribution in [2.75, 3.05) is 13.2 Å². The first kappa shape index (κ1) is 17.0. The highest BCUT2D eigenvalue weighted by atomic mass is 16.5. The van der Waals surface area contributed by atoms with Gasteiger partial charge in [0, 0.05) is 6.08 Å². The second-order valence-corrected chi connectivity index (χ2v) is 4.57. The van der Waals surface area contributed by atoms with Gasteiger partial charge in [0.1, 0.15) is 0 Å². The van der Waals surface area contributed by atoms with Crippen molar-refractivity contribution in [3.05, 3.63) is 48.0 Å². The fourth-order valence-corrected chi connectivity index (χ4v) is 1.57. The number of unbranched alkanes of at least 4 members (excludes halogenated alkanes) is 2. The van der Waals surface area contributed by atoms with E-state index in [0.29, 0.717) is 31.6 Å². The Morgan fingerprint density at radius 2 is 1.76 bits per heavy atom. The Morgan fingerprint density at radius 3 is 2.48 bits per heavy atom. The van der Waals surface area contributed by atoms with E-state index in [4.69, 9.17) is 9.47 Å². The fourth-order valence-electron chi connectivity index (χ4n) is 1.57. The lowest BCUT2D eigenvalue weighted by Crippen LogP contribution is -2.06. The first-order chi connectivity index (χ1) is 10.2. The van der Waals surface area contributed by atoms with Crippen LogP contribution in [0.25, 0.3) is 0 Å². The topological polar surface area (TPSA) is 52.6 Å². The molecule has 0 saturated heterocycles. The van der Waals surface area contributed by atoms with Crippen molar-refractivity contribution in [3.8, 4) is 0 Å². The van der Waals surface area contributed by atoms with Crippen molar-refractivity contribution in [3.63, 3.8) is 0 Å². The highest BCUT2D eigenvalue weighted by Crippen LogP contribution is 2.02. The molecule has 0 N–H and O–H groups in total. The first-order valence-electron chi connectivity index (χ1n) is 7.29. The smallest absolute Gasteiger partial charge is 0.338 e. The van der Waals surface area contributed by atoms with E-state index < -0.39 is 0 Å². The van der Waals surface area contributed by atoms with Crippen LogP contribution in [-0.2, 0) is 14.3 Å². The number of rotatable bonds is 9. The fraction of sp³-hybridized carbons (Fsp3) is 0.412. The van der Waals surface area contributed by atoms with Gasteiger partial charge in [-0.3, -0.25) is 0 Å². The summed E-state index contributed by atoms with van der Waals surface area (Å²) in [6, 6.07) is 8.87. The highest BCUT2D eigenvalue weighted by molar-refractivity contribution is 5.89. The van der Waals surface area contributed by atoms with E-state index in [1.54, 1.807) is 30.3 Å². The minimum Gasteiger partial charge on any atom is -0.463 e. The van der Waals surface area contributed by atoms with Crippen LogP contribution in [0.2, 0.25) is 0 Å². The van der Waals surface area contributed by atoms with E-state index in [-0.39, 0.29) is 11.9 Å². The third-order valence-corrected chi connectivity index (χ3v) is 2.75. The van der Waals surface area contributed by atoms with E-state index in [1.165, 1.54) is 6.08 Å². The molecule has 114 valence electrons. The third kappa shape index (κ3) is 7.92. The summed E-state index contributed by atoms with van der Waals surface area (Å²) in [6.45, 7) is 2.84. The van der Waals surface area contributed by atoms with Gasteiger partial charge in [-0.25, -0.2) is 9.59 Å². The average molecular weight is 290 g/mol. The molecule has 0 unspecified atom stereocenters. The Bertz CT molecular complexity index is 451. The summed E-state index contributed by atoms with van der Waals surface area (Å²) in [6.07, 6.45) is 6.40. The monoisotopic (exact) mass is 290 g/mol. The molecule has 0 fully saturated rings. The molecule has 0 radical (unpaired) electrons. The number of carbonyl (C=O) groups excluding carboxylic acids is 2. The van der Waals surface area contributed by atoms with Crippen LogP contribution in [0.5, 0.6) is 0 Å². The molecule has 4 nitrogen and oxygen atoms in total. The molecule has 0 aliphatic carbocycles. The molecule has 0 atom stereocenters. The van der Waals surface area contributed by atoms with Crippen LogP contribution in [0.15, 0.2) is 42.5 Å². The summed E-state index contributed by atoms with van der Waals surface area (Å²) in [5, 5.41) is 0. The Hall–Kier alpha value is -2.10. The van der Waals surface area contributed by atoms with Crippen LogP contribution in [0.3, 0.4) is 0 Å². The van der Waals surface area contributed by atoms with E-state index in [0.717, 1.165) is 12.8 Å². The molecule has 0 heterocycles. The van der Waals surface area contributed by atoms with Crippen molar-refractivity contribution in [2.24, 2.45) is 0 Å². The predicted octanol–water partition coefficient (Wildman–Crippen LogP) is 3.52. The van der Waals surface area contributed by atoms with Gasteiger partial charge in [-0.1, -0.05) is 37.6 Å². The number of benzene rings is 1. The van der Waals surface area contributed by atoms with E-state index in [9.17, 15) is 9.59 Å². The van der Waals surface area contributed by atoms with Crippen molar-refractivity contribution >= 4 is 11.9 Å². The zero-order chi connectivity index (χ0) is 15.3. The maximum atomic E-state index is 11.6. The quantitative estimate of drug-likeness (QED) is 0.396. The molecule has 1 aromatic carbocycles. The normalized spacial score (nSPS) is 10.5. The van der Waals surface area contributed by atoms with E-state index in [1.807, 2.05) is 13.0 Å². The molecule has 0 bridgehead atoms. The molecule has 0 amide bonds. The molecule has 0 aliphatic heterocycles. The van der Waals surface area contributed by atoms with Gasteiger partial charge in [0.05, 0.1) is 18.8 Å². The minimum absolute atomic E-state index is 0.315. The van der Waals surface area contributed by atoms with Gasteiger partial charge in [-0.05, 0) is 31.4 Å². The van der Waals surface area contributed by atoms with Crippen LogP contribution in [0.1, 0.15) is 43.0 Å². The van der Waals surface area contributed by atoms with Crippen LogP contribution in [0, 0.1) is 0 Å². The largest absolute Gasteiger partial charge is 0.463 e. The molecule has 1 rings (SSSR count). The summed E-state index contributed by atoms with van der Waals surface area (Å²) in [7, 11) is 0. The maximum Gasteiger partial charge on any atom is 0.338 e. The SMILES string of the molecule is CCCCOC(=O)/C=C/CCCOC(=O)c1ccccc1. The van der Waals surface area contributed by atoms with Gasteiger partial charge in [0.2, 0.25) is 0 Å². The number of hydrogen-bond donors (Lipinski definition) is 0. The number of hydrogen-bond acceptors (Lipinski definition) is 4. The lowest BCUT2D eigenvalue weighted by Gasteiger charge is -2.03. The van der Waals surface area contributed by atoms with Crippen molar-refractivity contribution in [1.29, 1.82) is 0 Å². The maximum absolute atomic E-state index is 11.6. The average Bonchev–Trinajstić information content (AvgIpc) is 2.51. The van der Waals surface area contributed by atoms with Gasteiger partial charge >= 0.3 is 11.9 Å². The van der Waals surface area contributed by atoms with Gasteiger partial charge in [-0.15, -0.1) is 0 Å².